The van der Waals surface area contributed by atoms with Crippen LogP contribution in [0.15, 0.2) is 23.7 Å². The van der Waals surface area contributed by atoms with Crippen molar-refractivity contribution in [2.75, 3.05) is 0 Å². The van der Waals surface area contributed by atoms with Crippen LogP contribution in [0.25, 0.3) is 10.2 Å². The Hall–Kier alpha value is -0.760. The zero-order valence-electron chi connectivity index (χ0n) is 7.99. The van der Waals surface area contributed by atoms with Crippen LogP contribution < -0.4 is 0 Å². The average molecular weight is 193 g/mol. The zero-order chi connectivity index (χ0) is 9.10. The van der Waals surface area contributed by atoms with E-state index in [0.29, 0.717) is 0 Å². The fraction of sp³-hybridized carbons (Fsp3) is 0.455. The van der Waals surface area contributed by atoms with E-state index < -0.39 is 0 Å². The lowest BCUT2D eigenvalue weighted by atomic mass is 10.2. The molecule has 0 aromatic carbocycles. The summed E-state index contributed by atoms with van der Waals surface area (Å²) in [6.45, 7) is 3.42. The van der Waals surface area contributed by atoms with Gasteiger partial charge in [0.1, 0.15) is 0 Å². The molecule has 0 aliphatic rings. The van der Waals surface area contributed by atoms with Gasteiger partial charge >= 0.3 is 0 Å². The first-order valence-electron chi connectivity index (χ1n) is 4.94. The average Bonchev–Trinajstić information content (AvgIpc) is 2.68. The van der Waals surface area contributed by atoms with E-state index in [1.54, 1.807) is 0 Å². The molecule has 0 amide bonds. The van der Waals surface area contributed by atoms with Gasteiger partial charge in [0.15, 0.2) is 0 Å². The number of hydrogen-bond donors (Lipinski definition) is 0. The molecule has 0 saturated heterocycles. The van der Waals surface area contributed by atoms with Gasteiger partial charge in [-0.1, -0.05) is 19.8 Å². The second-order valence-electron chi connectivity index (χ2n) is 3.39. The number of nitrogens with zero attached hydrogens (tertiary/aromatic N) is 1. The third-order valence-corrected chi connectivity index (χ3v) is 3.26. The summed E-state index contributed by atoms with van der Waals surface area (Å²) in [6.07, 6.45) is 6.14. The third kappa shape index (κ3) is 1.78. The molecule has 0 N–H and O–H groups in total. The zero-order valence-corrected chi connectivity index (χ0v) is 8.81. The Bertz CT molecular complexity index is 372. The molecule has 13 heavy (non-hydrogen) atoms. The Kier molecular flexibility index (Phi) is 2.69. The molecule has 0 radical (unpaired) electrons. The first kappa shape index (κ1) is 8.82. The van der Waals surface area contributed by atoms with E-state index in [1.807, 2.05) is 11.3 Å². The smallest absolute Gasteiger partial charge is 0.0589 e. The van der Waals surface area contributed by atoms with Gasteiger partial charge in [-0.2, -0.15) is 0 Å². The molecule has 0 bridgehead atoms. The van der Waals surface area contributed by atoms with Crippen LogP contribution in [-0.4, -0.2) is 4.57 Å². The lowest BCUT2D eigenvalue weighted by molar-refractivity contribution is 0.616. The van der Waals surface area contributed by atoms with Crippen LogP contribution in [0.4, 0.5) is 0 Å². The van der Waals surface area contributed by atoms with Crippen molar-refractivity contribution in [1.29, 1.82) is 0 Å². The van der Waals surface area contributed by atoms with Crippen LogP contribution in [0.3, 0.4) is 0 Å². The Labute approximate surface area is 83.0 Å². The fourth-order valence-corrected chi connectivity index (χ4v) is 2.43. The standard InChI is InChI=1S/C11H15NS/c1-2-3-4-7-12-8-5-11-10(12)6-9-13-11/h5-6,8-9H,2-4,7H2,1H3. The van der Waals surface area contributed by atoms with Crippen molar-refractivity contribution >= 4 is 21.6 Å². The Morgan fingerprint density at radius 2 is 2.23 bits per heavy atom. The number of aryl methyl sites for hydroxylation is 1. The molecule has 70 valence electrons. The van der Waals surface area contributed by atoms with E-state index in [-0.39, 0.29) is 0 Å². The summed E-state index contributed by atoms with van der Waals surface area (Å²) in [5.41, 5.74) is 1.40. The van der Waals surface area contributed by atoms with Gasteiger partial charge in [-0.05, 0) is 23.9 Å². The van der Waals surface area contributed by atoms with Crippen molar-refractivity contribution in [2.45, 2.75) is 32.7 Å². The first-order chi connectivity index (χ1) is 6.42. The van der Waals surface area contributed by atoms with E-state index in [0.717, 1.165) is 0 Å². The van der Waals surface area contributed by atoms with E-state index >= 15 is 0 Å². The topological polar surface area (TPSA) is 4.93 Å². The monoisotopic (exact) mass is 193 g/mol. The minimum atomic E-state index is 1.17. The number of hydrogen-bond acceptors (Lipinski definition) is 1. The predicted molar refractivity (Wildman–Crippen MR) is 59.3 cm³/mol. The maximum atomic E-state index is 2.36. The highest BCUT2D eigenvalue weighted by Crippen LogP contribution is 2.22. The fourth-order valence-electron chi connectivity index (χ4n) is 1.64. The summed E-state index contributed by atoms with van der Waals surface area (Å²) in [5.74, 6) is 0. The predicted octanol–water partition coefficient (Wildman–Crippen LogP) is 3.89. The van der Waals surface area contributed by atoms with Crippen LogP contribution in [0.1, 0.15) is 26.2 Å². The SMILES string of the molecule is CCCCCn1ccc2sccc21. The van der Waals surface area contributed by atoms with Crippen molar-refractivity contribution < 1.29 is 0 Å². The maximum absolute atomic E-state index is 2.36. The van der Waals surface area contributed by atoms with Gasteiger partial charge in [0.05, 0.1) is 10.2 Å². The van der Waals surface area contributed by atoms with Crippen molar-refractivity contribution in [1.82, 2.24) is 4.57 Å². The van der Waals surface area contributed by atoms with Gasteiger partial charge in [0.2, 0.25) is 0 Å². The number of unbranched alkanes of at least 4 members (excludes halogenated alkanes) is 2. The van der Waals surface area contributed by atoms with Gasteiger partial charge in [-0.15, -0.1) is 11.3 Å². The summed E-state index contributed by atoms with van der Waals surface area (Å²) >= 11 is 1.83. The molecule has 0 aliphatic carbocycles. The highest BCUT2D eigenvalue weighted by Gasteiger charge is 2.00. The van der Waals surface area contributed by atoms with E-state index in [4.69, 9.17) is 0 Å². The lowest BCUT2D eigenvalue weighted by Gasteiger charge is -2.02. The highest BCUT2D eigenvalue weighted by atomic mass is 32.1. The lowest BCUT2D eigenvalue weighted by Crippen LogP contribution is -1.94. The molecular weight excluding hydrogens is 178 g/mol. The quantitative estimate of drug-likeness (QED) is 0.649. The molecule has 0 fully saturated rings. The summed E-state index contributed by atoms with van der Waals surface area (Å²) in [4.78, 5) is 0. The second kappa shape index (κ2) is 3.97. The van der Waals surface area contributed by atoms with E-state index in [2.05, 4.69) is 35.2 Å². The van der Waals surface area contributed by atoms with E-state index in [1.165, 1.54) is 36.0 Å². The minimum absolute atomic E-state index is 1.17. The van der Waals surface area contributed by atoms with Gasteiger partial charge in [-0.25, -0.2) is 0 Å². The Morgan fingerprint density at radius 3 is 3.08 bits per heavy atom. The molecular formula is C11H15NS. The molecule has 1 nitrogen and oxygen atoms in total. The van der Waals surface area contributed by atoms with Crippen molar-refractivity contribution in [3.63, 3.8) is 0 Å². The first-order valence-corrected chi connectivity index (χ1v) is 5.82. The molecule has 0 aliphatic heterocycles. The molecule has 2 aromatic heterocycles. The molecule has 2 rings (SSSR count). The summed E-state index contributed by atoms with van der Waals surface area (Å²) in [7, 11) is 0. The molecule has 0 unspecified atom stereocenters. The maximum Gasteiger partial charge on any atom is 0.0589 e. The number of fused-ring (bicyclic) bond motifs is 1. The third-order valence-electron chi connectivity index (χ3n) is 2.39. The largest absolute Gasteiger partial charge is 0.347 e. The number of rotatable bonds is 4. The summed E-state index contributed by atoms with van der Waals surface area (Å²) in [6, 6.07) is 4.43. The van der Waals surface area contributed by atoms with Crippen LogP contribution in [0.2, 0.25) is 0 Å². The van der Waals surface area contributed by atoms with Crippen molar-refractivity contribution in [3.05, 3.63) is 23.7 Å². The van der Waals surface area contributed by atoms with Gasteiger partial charge < -0.3 is 4.57 Å². The molecule has 2 heterocycles. The Morgan fingerprint density at radius 1 is 1.31 bits per heavy atom. The number of thiophene rings is 1. The minimum Gasteiger partial charge on any atom is -0.347 e. The molecule has 2 aromatic rings. The molecule has 0 spiro atoms. The van der Waals surface area contributed by atoms with Crippen molar-refractivity contribution in [2.24, 2.45) is 0 Å². The second-order valence-corrected chi connectivity index (χ2v) is 4.33. The van der Waals surface area contributed by atoms with Crippen LogP contribution in [-0.2, 0) is 6.54 Å². The number of aromatic nitrogens is 1. The Balaban J connectivity index is 2.09. The summed E-state index contributed by atoms with van der Waals surface area (Å²) in [5, 5.41) is 2.17. The van der Waals surface area contributed by atoms with Gasteiger partial charge in [0, 0.05) is 12.7 Å². The van der Waals surface area contributed by atoms with Crippen LogP contribution in [0.5, 0.6) is 0 Å². The summed E-state index contributed by atoms with van der Waals surface area (Å²) < 4.78 is 3.78. The normalized spacial score (nSPS) is 11.2. The van der Waals surface area contributed by atoms with Gasteiger partial charge in [-0.3, -0.25) is 0 Å². The van der Waals surface area contributed by atoms with E-state index in [9.17, 15) is 0 Å². The molecule has 0 atom stereocenters. The van der Waals surface area contributed by atoms with Crippen LogP contribution >= 0.6 is 11.3 Å². The highest BCUT2D eigenvalue weighted by molar-refractivity contribution is 7.17. The molecule has 0 saturated carbocycles. The van der Waals surface area contributed by atoms with Crippen LogP contribution in [0, 0.1) is 0 Å². The molecule has 2 heteroatoms. The van der Waals surface area contributed by atoms with Crippen molar-refractivity contribution in [3.8, 4) is 0 Å². The van der Waals surface area contributed by atoms with Gasteiger partial charge in [0.25, 0.3) is 0 Å².